The number of hydrogen-bond acceptors (Lipinski definition) is 4. The van der Waals surface area contributed by atoms with Gasteiger partial charge in [-0.25, -0.2) is 4.79 Å². The number of hydrogen-bond donors (Lipinski definition) is 2. The molecule has 2 N–H and O–H groups in total. The van der Waals surface area contributed by atoms with Crippen molar-refractivity contribution in [2.75, 3.05) is 13.2 Å². The Kier molecular flexibility index (Phi) is 4.95. The number of esters is 1. The maximum atomic E-state index is 11.1. The van der Waals surface area contributed by atoms with Crippen molar-refractivity contribution in [2.45, 2.75) is 33.3 Å². The van der Waals surface area contributed by atoms with Crippen molar-refractivity contribution in [1.29, 1.82) is 0 Å². The van der Waals surface area contributed by atoms with Crippen molar-refractivity contribution in [2.24, 2.45) is 5.41 Å². The van der Waals surface area contributed by atoms with Crippen molar-refractivity contribution in [3.63, 3.8) is 0 Å². The summed E-state index contributed by atoms with van der Waals surface area (Å²) in [6.45, 7) is 5.12. The third-order valence-electron chi connectivity index (χ3n) is 1.82. The van der Waals surface area contributed by atoms with Crippen LogP contribution in [0.1, 0.15) is 27.2 Å². The van der Waals surface area contributed by atoms with Crippen LogP contribution >= 0.6 is 0 Å². The maximum Gasteiger partial charge on any atom is 0.335 e. The molecule has 13 heavy (non-hydrogen) atoms. The van der Waals surface area contributed by atoms with Crippen LogP contribution in [0.4, 0.5) is 0 Å². The predicted octanol–water partition coefficient (Wildman–Crippen LogP) is 0.319. The van der Waals surface area contributed by atoms with Gasteiger partial charge in [0.2, 0.25) is 0 Å². The van der Waals surface area contributed by atoms with E-state index in [1.807, 2.05) is 6.92 Å². The van der Waals surface area contributed by atoms with Gasteiger partial charge in [0.1, 0.15) is 0 Å². The second kappa shape index (κ2) is 5.19. The van der Waals surface area contributed by atoms with Crippen LogP contribution in [0.5, 0.6) is 0 Å². The summed E-state index contributed by atoms with van der Waals surface area (Å²) >= 11 is 0. The predicted molar refractivity (Wildman–Crippen MR) is 48.1 cm³/mol. The maximum absolute atomic E-state index is 11.1. The van der Waals surface area contributed by atoms with E-state index in [1.165, 1.54) is 0 Å². The Balaban J connectivity index is 4.09. The smallest absolute Gasteiger partial charge is 0.335 e. The van der Waals surface area contributed by atoms with Crippen LogP contribution in [0.3, 0.4) is 0 Å². The topological polar surface area (TPSA) is 66.8 Å². The molecular formula is C9H18O4. The lowest BCUT2D eigenvalue weighted by Gasteiger charge is -2.26. The van der Waals surface area contributed by atoms with Crippen molar-refractivity contribution in [3.05, 3.63) is 0 Å². The minimum Gasteiger partial charge on any atom is -0.464 e. The highest BCUT2D eigenvalue weighted by molar-refractivity contribution is 5.75. The zero-order chi connectivity index (χ0) is 10.5. The van der Waals surface area contributed by atoms with Crippen LogP contribution in [-0.4, -0.2) is 35.5 Å². The zero-order valence-corrected chi connectivity index (χ0v) is 8.41. The summed E-state index contributed by atoms with van der Waals surface area (Å²) in [6, 6.07) is 0. The van der Waals surface area contributed by atoms with E-state index in [2.05, 4.69) is 0 Å². The minimum absolute atomic E-state index is 0.255. The molecule has 0 bridgehead atoms. The first-order chi connectivity index (χ1) is 5.95. The van der Waals surface area contributed by atoms with Gasteiger partial charge in [0, 0.05) is 5.41 Å². The second-order valence-electron chi connectivity index (χ2n) is 3.72. The Hall–Kier alpha value is -0.610. The third kappa shape index (κ3) is 3.74. The molecule has 1 unspecified atom stereocenters. The molecule has 0 heterocycles. The van der Waals surface area contributed by atoms with E-state index in [0.717, 1.165) is 6.42 Å². The molecule has 0 aliphatic carbocycles. The van der Waals surface area contributed by atoms with Gasteiger partial charge in [0.25, 0.3) is 0 Å². The molecule has 0 aromatic carbocycles. The average molecular weight is 190 g/mol. The fourth-order valence-electron chi connectivity index (χ4n) is 0.687. The Morgan fingerprint density at radius 2 is 2.08 bits per heavy atom. The summed E-state index contributed by atoms with van der Waals surface area (Å²) in [5, 5.41) is 18.3. The van der Waals surface area contributed by atoms with Gasteiger partial charge in [0.05, 0.1) is 13.2 Å². The number of rotatable bonds is 5. The highest BCUT2D eigenvalue weighted by Gasteiger charge is 2.33. The number of aliphatic hydroxyl groups excluding tert-OH is 2. The molecule has 0 rings (SSSR count). The quantitative estimate of drug-likeness (QED) is 0.613. The Morgan fingerprint density at radius 3 is 2.46 bits per heavy atom. The highest BCUT2D eigenvalue weighted by Crippen LogP contribution is 2.20. The summed E-state index contributed by atoms with van der Waals surface area (Å²) < 4.78 is 4.74. The van der Waals surface area contributed by atoms with Crippen LogP contribution in [0, 0.1) is 5.41 Å². The van der Waals surface area contributed by atoms with Gasteiger partial charge in [-0.3, -0.25) is 0 Å². The number of ether oxygens (including phenoxy) is 1. The molecule has 0 aromatic heterocycles. The Bertz CT molecular complexity index is 165. The second-order valence-corrected chi connectivity index (χ2v) is 3.72. The van der Waals surface area contributed by atoms with Gasteiger partial charge in [-0.2, -0.15) is 0 Å². The van der Waals surface area contributed by atoms with Crippen molar-refractivity contribution in [3.8, 4) is 0 Å². The average Bonchev–Trinajstić information content (AvgIpc) is 2.12. The van der Waals surface area contributed by atoms with E-state index >= 15 is 0 Å². The first kappa shape index (κ1) is 12.4. The lowest BCUT2D eigenvalue weighted by Crippen LogP contribution is -2.40. The Labute approximate surface area is 78.5 Å². The molecule has 0 amide bonds. The summed E-state index contributed by atoms with van der Waals surface area (Å²) in [5.41, 5.74) is -0.842. The van der Waals surface area contributed by atoms with Crippen LogP contribution in [0.15, 0.2) is 0 Å². The molecule has 0 aliphatic rings. The molecule has 0 saturated carbocycles. The van der Waals surface area contributed by atoms with E-state index in [0.29, 0.717) is 6.61 Å². The summed E-state index contributed by atoms with van der Waals surface area (Å²) in [7, 11) is 0. The first-order valence-corrected chi connectivity index (χ1v) is 4.41. The van der Waals surface area contributed by atoms with Crippen LogP contribution in [-0.2, 0) is 9.53 Å². The minimum atomic E-state index is -1.26. The van der Waals surface area contributed by atoms with E-state index in [1.54, 1.807) is 13.8 Å². The van der Waals surface area contributed by atoms with E-state index in [-0.39, 0.29) is 6.61 Å². The summed E-state index contributed by atoms with van der Waals surface area (Å²) in [4.78, 5) is 11.1. The summed E-state index contributed by atoms with van der Waals surface area (Å²) in [5.74, 6) is -0.666. The Morgan fingerprint density at radius 1 is 1.54 bits per heavy atom. The third-order valence-corrected chi connectivity index (χ3v) is 1.82. The largest absolute Gasteiger partial charge is 0.464 e. The monoisotopic (exact) mass is 190 g/mol. The molecule has 78 valence electrons. The fourth-order valence-corrected chi connectivity index (χ4v) is 0.687. The molecule has 0 radical (unpaired) electrons. The molecule has 0 aromatic rings. The summed E-state index contributed by atoms with van der Waals surface area (Å²) in [6.07, 6.45) is -0.540. The van der Waals surface area contributed by atoms with Gasteiger partial charge >= 0.3 is 5.97 Å². The number of carbonyl (C=O) groups is 1. The van der Waals surface area contributed by atoms with Crippen molar-refractivity contribution in [1.82, 2.24) is 0 Å². The molecule has 4 nitrogen and oxygen atoms in total. The van der Waals surface area contributed by atoms with E-state index < -0.39 is 17.5 Å². The SMILES string of the molecule is CCCOC(=O)C(O)C(C)(C)CO. The molecule has 0 spiro atoms. The van der Waals surface area contributed by atoms with Crippen LogP contribution in [0.2, 0.25) is 0 Å². The lowest BCUT2D eigenvalue weighted by molar-refractivity contribution is -0.161. The zero-order valence-electron chi connectivity index (χ0n) is 8.41. The van der Waals surface area contributed by atoms with Crippen LogP contribution in [0.25, 0.3) is 0 Å². The van der Waals surface area contributed by atoms with Gasteiger partial charge < -0.3 is 14.9 Å². The molecule has 1 atom stereocenters. The number of carbonyl (C=O) groups excluding carboxylic acids is 1. The number of aliphatic hydroxyl groups is 2. The molecule has 0 saturated heterocycles. The molecule has 0 aliphatic heterocycles. The first-order valence-electron chi connectivity index (χ1n) is 4.41. The molecule has 4 heteroatoms. The van der Waals surface area contributed by atoms with Gasteiger partial charge in [0.15, 0.2) is 6.10 Å². The molecule has 0 fully saturated rings. The van der Waals surface area contributed by atoms with Gasteiger partial charge in [-0.05, 0) is 6.42 Å². The molecular weight excluding hydrogens is 172 g/mol. The van der Waals surface area contributed by atoms with Crippen LogP contribution < -0.4 is 0 Å². The highest BCUT2D eigenvalue weighted by atomic mass is 16.5. The normalized spacial score (nSPS) is 13.9. The standard InChI is InChI=1S/C9H18O4/c1-4-5-13-8(12)7(11)9(2,3)6-10/h7,10-11H,4-6H2,1-3H3. The van der Waals surface area contributed by atoms with Gasteiger partial charge in [-0.15, -0.1) is 0 Å². The fraction of sp³-hybridized carbons (Fsp3) is 0.889. The van der Waals surface area contributed by atoms with Crippen molar-refractivity contribution >= 4 is 5.97 Å². The lowest BCUT2D eigenvalue weighted by atomic mass is 9.88. The van der Waals surface area contributed by atoms with E-state index in [9.17, 15) is 9.90 Å². The van der Waals surface area contributed by atoms with E-state index in [4.69, 9.17) is 9.84 Å². The van der Waals surface area contributed by atoms with Crippen molar-refractivity contribution < 1.29 is 19.7 Å². The van der Waals surface area contributed by atoms with Gasteiger partial charge in [-0.1, -0.05) is 20.8 Å².